The summed E-state index contributed by atoms with van der Waals surface area (Å²) in [6.07, 6.45) is 9.02. The Balaban J connectivity index is 1.96. The number of nitrogens with two attached hydrogens (primary N) is 1. The van der Waals surface area contributed by atoms with E-state index in [4.69, 9.17) is 10.5 Å². The summed E-state index contributed by atoms with van der Waals surface area (Å²) >= 11 is 0. The third-order valence-electron chi connectivity index (χ3n) is 5.00. The molecule has 0 spiro atoms. The lowest BCUT2D eigenvalue weighted by molar-refractivity contribution is 0.0291. The van der Waals surface area contributed by atoms with Crippen LogP contribution in [0.15, 0.2) is 0 Å². The van der Waals surface area contributed by atoms with Gasteiger partial charge in [-0.3, -0.25) is 0 Å². The van der Waals surface area contributed by atoms with Crippen LogP contribution in [0, 0.1) is 5.41 Å². The Morgan fingerprint density at radius 1 is 1.22 bits per heavy atom. The molecule has 3 atom stereocenters. The molecule has 0 bridgehead atoms. The quantitative estimate of drug-likeness (QED) is 0.810. The van der Waals surface area contributed by atoms with Crippen LogP contribution in [-0.2, 0) is 4.74 Å². The van der Waals surface area contributed by atoms with Gasteiger partial charge in [0.15, 0.2) is 0 Å². The normalized spacial score (nSPS) is 40.0. The van der Waals surface area contributed by atoms with Gasteiger partial charge in [0.25, 0.3) is 0 Å². The smallest absolute Gasteiger partial charge is 0.0589 e. The van der Waals surface area contributed by atoms with Crippen LogP contribution in [0.5, 0.6) is 0 Å². The number of methoxy groups -OCH3 is 1. The van der Waals surface area contributed by atoms with Gasteiger partial charge < -0.3 is 15.8 Å². The molecule has 0 aromatic heterocycles. The van der Waals surface area contributed by atoms with Gasteiger partial charge in [-0.05, 0) is 50.4 Å². The van der Waals surface area contributed by atoms with Crippen LogP contribution in [0.1, 0.15) is 58.8 Å². The van der Waals surface area contributed by atoms with E-state index >= 15 is 0 Å². The number of ether oxygens (including phenoxy) is 1. The van der Waals surface area contributed by atoms with E-state index in [1.54, 1.807) is 0 Å². The molecule has 0 amide bonds. The van der Waals surface area contributed by atoms with E-state index in [0.717, 1.165) is 13.0 Å². The lowest BCUT2D eigenvalue weighted by Gasteiger charge is -2.42. The fourth-order valence-electron chi connectivity index (χ4n) is 3.88. The minimum Gasteiger partial charge on any atom is -0.381 e. The molecule has 0 radical (unpaired) electrons. The Bertz CT molecular complexity index is 280. The van der Waals surface area contributed by atoms with Crippen molar-refractivity contribution in [1.29, 1.82) is 0 Å². The molecule has 0 aliphatic heterocycles. The van der Waals surface area contributed by atoms with Crippen molar-refractivity contribution in [3.05, 3.63) is 0 Å². The fourth-order valence-corrected chi connectivity index (χ4v) is 3.88. The Morgan fingerprint density at radius 2 is 2.00 bits per heavy atom. The first-order chi connectivity index (χ1) is 8.49. The van der Waals surface area contributed by atoms with Crippen LogP contribution in [-0.4, -0.2) is 31.3 Å². The molecule has 18 heavy (non-hydrogen) atoms. The van der Waals surface area contributed by atoms with Crippen molar-refractivity contribution in [3.8, 4) is 0 Å². The van der Waals surface area contributed by atoms with Gasteiger partial charge in [0.1, 0.15) is 0 Å². The highest BCUT2D eigenvalue weighted by Crippen LogP contribution is 2.39. The first-order valence-electron chi connectivity index (χ1n) is 7.49. The van der Waals surface area contributed by atoms with Crippen LogP contribution in [0.3, 0.4) is 0 Å². The van der Waals surface area contributed by atoms with Crippen molar-refractivity contribution >= 4 is 0 Å². The highest BCUT2D eigenvalue weighted by atomic mass is 16.5. The molecule has 2 fully saturated rings. The Morgan fingerprint density at radius 3 is 2.56 bits per heavy atom. The molecule has 3 unspecified atom stereocenters. The molecule has 3 nitrogen and oxygen atoms in total. The Kier molecular flexibility index (Phi) is 4.35. The molecule has 106 valence electrons. The number of hydrogen-bond acceptors (Lipinski definition) is 3. The van der Waals surface area contributed by atoms with E-state index in [2.05, 4.69) is 19.2 Å². The maximum absolute atomic E-state index is 6.08. The third kappa shape index (κ3) is 3.25. The molecular formula is C15H30N2O. The van der Waals surface area contributed by atoms with Crippen molar-refractivity contribution in [2.45, 2.75) is 76.5 Å². The van der Waals surface area contributed by atoms with Gasteiger partial charge in [-0.1, -0.05) is 13.8 Å². The molecule has 0 saturated heterocycles. The summed E-state index contributed by atoms with van der Waals surface area (Å²) in [5.74, 6) is 0. The van der Waals surface area contributed by atoms with Crippen LogP contribution in [0.25, 0.3) is 0 Å². The maximum Gasteiger partial charge on any atom is 0.0589 e. The van der Waals surface area contributed by atoms with E-state index in [-0.39, 0.29) is 5.54 Å². The summed E-state index contributed by atoms with van der Waals surface area (Å²) in [6, 6.07) is 0.652. The zero-order chi connectivity index (χ0) is 13.2. The fraction of sp³-hybridized carbons (Fsp3) is 1.00. The summed E-state index contributed by atoms with van der Waals surface area (Å²) < 4.78 is 5.56. The molecule has 0 heterocycles. The standard InChI is InChI=1S/C15H30N2O/c1-14(2)8-6-12(9-14)17-15(11-16)7-4-5-13(10-15)18-3/h12-13,17H,4-11,16H2,1-3H3. The molecule has 2 aliphatic rings. The predicted octanol–water partition coefficient (Wildman–Crippen LogP) is 2.44. The van der Waals surface area contributed by atoms with Crippen molar-refractivity contribution < 1.29 is 4.74 Å². The lowest BCUT2D eigenvalue weighted by Crippen LogP contribution is -2.58. The molecule has 3 N–H and O–H groups in total. The monoisotopic (exact) mass is 254 g/mol. The second-order valence-electron chi connectivity index (χ2n) is 7.19. The second kappa shape index (κ2) is 5.48. The van der Waals surface area contributed by atoms with Gasteiger partial charge in [-0.15, -0.1) is 0 Å². The van der Waals surface area contributed by atoms with Crippen LogP contribution in [0.4, 0.5) is 0 Å². The van der Waals surface area contributed by atoms with Crippen LogP contribution in [0.2, 0.25) is 0 Å². The molecule has 3 heteroatoms. The van der Waals surface area contributed by atoms with Gasteiger partial charge in [-0.2, -0.15) is 0 Å². The zero-order valence-corrected chi connectivity index (χ0v) is 12.3. The molecule has 0 aromatic carbocycles. The van der Waals surface area contributed by atoms with Gasteiger partial charge in [0, 0.05) is 25.2 Å². The zero-order valence-electron chi connectivity index (χ0n) is 12.3. The maximum atomic E-state index is 6.08. The average Bonchev–Trinajstić information content (AvgIpc) is 2.68. The number of rotatable bonds is 4. The highest BCUT2D eigenvalue weighted by molar-refractivity contribution is 4.99. The average molecular weight is 254 g/mol. The summed E-state index contributed by atoms with van der Waals surface area (Å²) in [4.78, 5) is 0. The first-order valence-corrected chi connectivity index (χ1v) is 7.49. The van der Waals surface area contributed by atoms with E-state index in [1.807, 2.05) is 7.11 Å². The summed E-state index contributed by atoms with van der Waals surface area (Å²) in [7, 11) is 1.83. The predicted molar refractivity (Wildman–Crippen MR) is 75.6 cm³/mol. The molecule has 2 rings (SSSR count). The lowest BCUT2D eigenvalue weighted by atomic mass is 9.79. The first kappa shape index (κ1) is 14.3. The van der Waals surface area contributed by atoms with E-state index in [9.17, 15) is 0 Å². The molecule has 2 aliphatic carbocycles. The van der Waals surface area contributed by atoms with E-state index in [0.29, 0.717) is 17.6 Å². The topological polar surface area (TPSA) is 47.3 Å². The number of hydrogen-bond donors (Lipinski definition) is 2. The minimum absolute atomic E-state index is 0.129. The van der Waals surface area contributed by atoms with Crippen LogP contribution < -0.4 is 11.1 Å². The van der Waals surface area contributed by atoms with Crippen molar-refractivity contribution in [2.24, 2.45) is 11.1 Å². The SMILES string of the molecule is COC1CCCC(CN)(NC2CCC(C)(C)C2)C1. The van der Waals surface area contributed by atoms with Crippen LogP contribution >= 0.6 is 0 Å². The largest absolute Gasteiger partial charge is 0.381 e. The number of nitrogens with one attached hydrogen (secondary N) is 1. The summed E-state index contributed by atoms with van der Waals surface area (Å²) in [6.45, 7) is 5.50. The van der Waals surface area contributed by atoms with Gasteiger partial charge in [0.05, 0.1) is 6.10 Å². The third-order valence-corrected chi connectivity index (χ3v) is 5.00. The van der Waals surface area contributed by atoms with E-state index in [1.165, 1.54) is 38.5 Å². The molecule has 2 saturated carbocycles. The molecule has 0 aromatic rings. The highest BCUT2D eigenvalue weighted by Gasteiger charge is 2.40. The minimum atomic E-state index is 0.129. The van der Waals surface area contributed by atoms with Gasteiger partial charge >= 0.3 is 0 Å². The Labute approximate surface area is 112 Å². The van der Waals surface area contributed by atoms with Crippen molar-refractivity contribution in [1.82, 2.24) is 5.32 Å². The summed E-state index contributed by atoms with van der Waals surface area (Å²) in [5, 5.41) is 3.90. The van der Waals surface area contributed by atoms with Gasteiger partial charge in [0.2, 0.25) is 0 Å². The van der Waals surface area contributed by atoms with E-state index < -0.39 is 0 Å². The summed E-state index contributed by atoms with van der Waals surface area (Å²) in [5.41, 5.74) is 6.71. The molecular weight excluding hydrogens is 224 g/mol. The Hall–Kier alpha value is -0.120. The second-order valence-corrected chi connectivity index (χ2v) is 7.19. The van der Waals surface area contributed by atoms with Crippen molar-refractivity contribution in [2.75, 3.05) is 13.7 Å². The van der Waals surface area contributed by atoms with Gasteiger partial charge in [-0.25, -0.2) is 0 Å². The van der Waals surface area contributed by atoms with Crippen molar-refractivity contribution in [3.63, 3.8) is 0 Å².